The van der Waals surface area contributed by atoms with Crippen LogP contribution in [-0.2, 0) is 14.8 Å². The molecule has 1 aromatic rings. The van der Waals surface area contributed by atoms with Crippen molar-refractivity contribution in [3.8, 4) is 0 Å². The molecule has 1 unspecified atom stereocenters. The third-order valence-electron chi connectivity index (χ3n) is 3.16. The first kappa shape index (κ1) is 18.9. The molecule has 126 valence electrons. The van der Waals surface area contributed by atoms with E-state index in [9.17, 15) is 18.0 Å². The number of allylic oxidation sites excluding steroid dienone is 1. The predicted octanol–water partition coefficient (Wildman–Crippen LogP) is 1.09. The van der Waals surface area contributed by atoms with Gasteiger partial charge < -0.3 is 10.4 Å². The molecule has 1 rings (SSSR count). The number of nitrogens with one attached hydrogen (secondary N) is 1. The van der Waals surface area contributed by atoms with Crippen molar-refractivity contribution < 1.29 is 23.1 Å². The van der Waals surface area contributed by atoms with E-state index in [1.807, 2.05) is 0 Å². The van der Waals surface area contributed by atoms with E-state index < -0.39 is 27.9 Å². The quantitative estimate of drug-likeness (QED) is 0.689. The monoisotopic (exact) mass is 340 g/mol. The summed E-state index contributed by atoms with van der Waals surface area (Å²) in [5.74, 6) is -1.71. The van der Waals surface area contributed by atoms with Crippen molar-refractivity contribution >= 4 is 21.9 Å². The third kappa shape index (κ3) is 4.90. The van der Waals surface area contributed by atoms with Gasteiger partial charge in [0, 0.05) is 19.7 Å². The second kappa shape index (κ2) is 7.89. The number of carboxylic acids is 1. The van der Waals surface area contributed by atoms with Crippen LogP contribution >= 0.6 is 0 Å². The average molecular weight is 340 g/mol. The maximum Gasteiger partial charge on any atom is 0.326 e. The summed E-state index contributed by atoms with van der Waals surface area (Å²) in [4.78, 5) is 23.2. The van der Waals surface area contributed by atoms with E-state index in [4.69, 9.17) is 5.11 Å². The second-order valence-electron chi connectivity index (χ2n) is 5.04. The Morgan fingerprint density at radius 1 is 1.30 bits per heavy atom. The molecule has 23 heavy (non-hydrogen) atoms. The first-order valence-electron chi connectivity index (χ1n) is 6.87. The number of aliphatic carboxylic acids is 1. The molecule has 0 heterocycles. The van der Waals surface area contributed by atoms with Crippen molar-refractivity contribution in [3.63, 3.8) is 0 Å². The summed E-state index contributed by atoms with van der Waals surface area (Å²) < 4.78 is 24.9. The van der Waals surface area contributed by atoms with Gasteiger partial charge in [-0.15, -0.1) is 6.58 Å². The minimum atomic E-state index is -3.57. The summed E-state index contributed by atoms with van der Waals surface area (Å²) in [6, 6.07) is 4.29. The molecular weight excluding hydrogens is 320 g/mol. The van der Waals surface area contributed by atoms with Gasteiger partial charge in [0.1, 0.15) is 6.04 Å². The highest BCUT2D eigenvalue weighted by atomic mass is 32.2. The Labute approximate surface area is 135 Å². The molecule has 0 bridgehead atoms. The van der Waals surface area contributed by atoms with Gasteiger partial charge in [0.25, 0.3) is 5.91 Å². The largest absolute Gasteiger partial charge is 0.480 e. The van der Waals surface area contributed by atoms with Crippen molar-refractivity contribution in [1.82, 2.24) is 9.62 Å². The minimum Gasteiger partial charge on any atom is -0.480 e. The molecule has 1 amide bonds. The molecule has 0 spiro atoms. The van der Waals surface area contributed by atoms with Crippen LogP contribution in [0.2, 0.25) is 0 Å². The molecule has 2 N–H and O–H groups in total. The van der Waals surface area contributed by atoms with Gasteiger partial charge in [0.05, 0.1) is 4.90 Å². The SMILES string of the molecule is C=CCCC(NC(=O)c1ccc(S(=O)(=O)N(C)C)cc1)C(=O)O. The Kier molecular flexibility index (Phi) is 6.47. The Hall–Kier alpha value is -2.19. The van der Waals surface area contributed by atoms with E-state index in [-0.39, 0.29) is 16.9 Å². The zero-order valence-electron chi connectivity index (χ0n) is 13.0. The van der Waals surface area contributed by atoms with Gasteiger partial charge in [-0.2, -0.15) is 0 Å². The maximum atomic E-state index is 12.1. The van der Waals surface area contributed by atoms with Gasteiger partial charge >= 0.3 is 5.97 Å². The predicted molar refractivity (Wildman–Crippen MR) is 85.6 cm³/mol. The number of sulfonamides is 1. The molecule has 0 saturated carbocycles. The molecule has 0 aliphatic carbocycles. The van der Waals surface area contributed by atoms with E-state index in [1.165, 1.54) is 38.4 Å². The van der Waals surface area contributed by atoms with E-state index in [2.05, 4.69) is 11.9 Å². The zero-order chi connectivity index (χ0) is 17.6. The van der Waals surface area contributed by atoms with Crippen LogP contribution in [0, 0.1) is 0 Å². The minimum absolute atomic E-state index is 0.0560. The van der Waals surface area contributed by atoms with Gasteiger partial charge in [-0.1, -0.05) is 6.08 Å². The molecule has 1 aromatic carbocycles. The van der Waals surface area contributed by atoms with Crippen LogP contribution in [0.25, 0.3) is 0 Å². The Balaban J connectivity index is 2.89. The Morgan fingerprint density at radius 2 is 1.87 bits per heavy atom. The van der Waals surface area contributed by atoms with Crippen LogP contribution in [0.15, 0.2) is 41.8 Å². The lowest BCUT2D eigenvalue weighted by molar-refractivity contribution is -0.139. The number of carbonyl (C=O) groups excluding carboxylic acids is 1. The molecule has 8 heteroatoms. The number of carboxylic acid groups (broad SMARTS) is 1. The number of hydrogen-bond acceptors (Lipinski definition) is 4. The fourth-order valence-corrected chi connectivity index (χ4v) is 2.67. The standard InChI is InChI=1S/C15H20N2O5S/c1-4-5-6-13(15(19)20)16-14(18)11-7-9-12(10-8-11)23(21,22)17(2)3/h4,7-10,13H,1,5-6H2,2-3H3,(H,16,18)(H,19,20). The summed E-state index contributed by atoms with van der Waals surface area (Å²) in [6.07, 6.45) is 2.26. The van der Waals surface area contributed by atoms with Crippen molar-refractivity contribution in [1.29, 1.82) is 0 Å². The summed E-state index contributed by atoms with van der Waals surface area (Å²) in [5.41, 5.74) is 0.188. The van der Waals surface area contributed by atoms with E-state index >= 15 is 0 Å². The molecule has 1 atom stereocenters. The number of amides is 1. The average Bonchev–Trinajstić information content (AvgIpc) is 2.50. The van der Waals surface area contributed by atoms with E-state index in [0.717, 1.165) is 4.31 Å². The van der Waals surface area contributed by atoms with Crippen LogP contribution in [0.1, 0.15) is 23.2 Å². The third-order valence-corrected chi connectivity index (χ3v) is 4.99. The van der Waals surface area contributed by atoms with E-state index in [1.54, 1.807) is 6.08 Å². The summed E-state index contributed by atoms with van der Waals surface area (Å²) in [6.45, 7) is 3.51. The highest BCUT2D eigenvalue weighted by Gasteiger charge is 2.21. The van der Waals surface area contributed by atoms with Crippen molar-refractivity contribution in [2.45, 2.75) is 23.8 Å². The fourth-order valence-electron chi connectivity index (χ4n) is 1.77. The normalized spacial score (nSPS) is 12.7. The highest BCUT2D eigenvalue weighted by Crippen LogP contribution is 2.14. The van der Waals surface area contributed by atoms with Crippen molar-refractivity contribution in [2.24, 2.45) is 0 Å². The van der Waals surface area contributed by atoms with Crippen molar-refractivity contribution in [3.05, 3.63) is 42.5 Å². The van der Waals surface area contributed by atoms with E-state index in [0.29, 0.717) is 6.42 Å². The highest BCUT2D eigenvalue weighted by molar-refractivity contribution is 7.89. The molecule has 0 radical (unpaired) electrons. The lowest BCUT2D eigenvalue weighted by Crippen LogP contribution is -2.40. The van der Waals surface area contributed by atoms with Gasteiger partial charge in [-0.25, -0.2) is 17.5 Å². The van der Waals surface area contributed by atoms with Crippen LogP contribution < -0.4 is 5.32 Å². The van der Waals surface area contributed by atoms with Crippen molar-refractivity contribution in [2.75, 3.05) is 14.1 Å². The number of benzene rings is 1. The van der Waals surface area contributed by atoms with Crippen LogP contribution in [0.3, 0.4) is 0 Å². The smallest absolute Gasteiger partial charge is 0.326 e. The maximum absolute atomic E-state index is 12.1. The lowest BCUT2D eigenvalue weighted by atomic mass is 10.1. The van der Waals surface area contributed by atoms with Crippen LogP contribution in [0.4, 0.5) is 0 Å². The van der Waals surface area contributed by atoms with Gasteiger partial charge in [-0.3, -0.25) is 4.79 Å². The molecule has 0 aromatic heterocycles. The molecular formula is C15H20N2O5S. The molecule has 0 saturated heterocycles. The zero-order valence-corrected chi connectivity index (χ0v) is 13.8. The molecule has 0 fully saturated rings. The topological polar surface area (TPSA) is 104 Å². The first-order valence-corrected chi connectivity index (χ1v) is 8.31. The number of nitrogens with zero attached hydrogens (tertiary/aromatic N) is 1. The first-order chi connectivity index (χ1) is 10.7. The van der Waals surface area contributed by atoms with Crippen LogP contribution in [-0.4, -0.2) is 49.8 Å². The van der Waals surface area contributed by atoms with Gasteiger partial charge in [0.2, 0.25) is 10.0 Å². The molecule has 0 aliphatic rings. The molecule has 0 aliphatic heterocycles. The summed E-state index contributed by atoms with van der Waals surface area (Å²) >= 11 is 0. The Bertz CT molecular complexity index is 680. The van der Waals surface area contributed by atoms with Gasteiger partial charge in [-0.05, 0) is 37.1 Å². The number of carbonyl (C=O) groups is 2. The van der Waals surface area contributed by atoms with Crippen LogP contribution in [0.5, 0.6) is 0 Å². The second-order valence-corrected chi connectivity index (χ2v) is 7.19. The number of hydrogen-bond donors (Lipinski definition) is 2. The number of rotatable bonds is 8. The molecule has 7 nitrogen and oxygen atoms in total. The summed E-state index contributed by atoms with van der Waals surface area (Å²) in [5, 5.41) is 11.5. The lowest BCUT2D eigenvalue weighted by Gasteiger charge is -2.14. The van der Waals surface area contributed by atoms with Gasteiger partial charge in [0.15, 0.2) is 0 Å². The Morgan fingerprint density at radius 3 is 2.30 bits per heavy atom. The fraction of sp³-hybridized carbons (Fsp3) is 0.333. The summed E-state index contributed by atoms with van der Waals surface area (Å²) in [7, 11) is -0.752.